The van der Waals surface area contributed by atoms with E-state index in [1.54, 1.807) is 18.2 Å². The van der Waals surface area contributed by atoms with Crippen molar-refractivity contribution < 1.29 is 9.72 Å². The molecule has 7 nitrogen and oxygen atoms in total. The SMILES string of the molecule is O=C(CCNc1ccccc1[N+](=O)[O-])N1CCCN(Cc2ccccc2)CC1. The molecule has 2 aromatic carbocycles. The van der Waals surface area contributed by atoms with Gasteiger partial charge in [0.05, 0.1) is 4.92 Å². The smallest absolute Gasteiger partial charge is 0.292 e. The Morgan fingerprint density at radius 1 is 1.00 bits per heavy atom. The number of hydrogen-bond acceptors (Lipinski definition) is 5. The van der Waals surface area contributed by atoms with Crippen molar-refractivity contribution in [2.45, 2.75) is 19.4 Å². The van der Waals surface area contributed by atoms with Crippen molar-refractivity contribution in [1.82, 2.24) is 9.80 Å². The van der Waals surface area contributed by atoms with Gasteiger partial charge in [-0.2, -0.15) is 0 Å². The lowest BCUT2D eigenvalue weighted by molar-refractivity contribution is -0.384. The molecule has 1 N–H and O–H groups in total. The van der Waals surface area contributed by atoms with Gasteiger partial charge in [-0.1, -0.05) is 42.5 Å². The van der Waals surface area contributed by atoms with Crippen molar-refractivity contribution in [3.05, 3.63) is 70.3 Å². The largest absolute Gasteiger partial charge is 0.379 e. The van der Waals surface area contributed by atoms with E-state index in [9.17, 15) is 14.9 Å². The molecule has 1 heterocycles. The molecule has 1 amide bonds. The van der Waals surface area contributed by atoms with Gasteiger partial charge in [0.15, 0.2) is 0 Å². The Kier molecular flexibility index (Phi) is 6.97. The van der Waals surface area contributed by atoms with E-state index < -0.39 is 4.92 Å². The number of para-hydroxylation sites is 2. The molecular formula is C21H26N4O3. The number of rotatable bonds is 7. The Bertz CT molecular complexity index is 797. The summed E-state index contributed by atoms with van der Waals surface area (Å²) in [6.45, 7) is 4.61. The summed E-state index contributed by atoms with van der Waals surface area (Å²) in [6.07, 6.45) is 1.28. The predicted molar refractivity (Wildman–Crippen MR) is 109 cm³/mol. The number of carbonyl (C=O) groups excluding carboxylic acids is 1. The summed E-state index contributed by atoms with van der Waals surface area (Å²) in [5.74, 6) is 0.0904. The van der Waals surface area contributed by atoms with Crippen LogP contribution in [0.3, 0.4) is 0 Å². The molecule has 148 valence electrons. The second-order valence-corrected chi connectivity index (χ2v) is 6.95. The topological polar surface area (TPSA) is 78.7 Å². The van der Waals surface area contributed by atoms with Crippen LogP contribution in [0.15, 0.2) is 54.6 Å². The van der Waals surface area contributed by atoms with Gasteiger partial charge in [0.2, 0.25) is 5.91 Å². The molecule has 0 radical (unpaired) electrons. The standard InChI is InChI=1S/C21H26N4O3/c26-21(11-12-22-19-9-4-5-10-20(19)25(27)28)24-14-6-13-23(15-16-24)17-18-7-2-1-3-8-18/h1-5,7-10,22H,6,11-17H2. The zero-order chi connectivity index (χ0) is 19.8. The normalized spacial score (nSPS) is 15.1. The van der Waals surface area contributed by atoms with E-state index in [1.807, 2.05) is 23.1 Å². The summed E-state index contributed by atoms with van der Waals surface area (Å²) in [7, 11) is 0. The number of amides is 1. The lowest BCUT2D eigenvalue weighted by Gasteiger charge is -2.22. The lowest BCUT2D eigenvalue weighted by Crippen LogP contribution is -2.35. The van der Waals surface area contributed by atoms with Crippen LogP contribution in [0.1, 0.15) is 18.4 Å². The molecule has 0 saturated carbocycles. The van der Waals surface area contributed by atoms with E-state index in [1.165, 1.54) is 11.6 Å². The highest BCUT2D eigenvalue weighted by Crippen LogP contribution is 2.23. The zero-order valence-corrected chi connectivity index (χ0v) is 15.9. The molecule has 7 heteroatoms. The van der Waals surface area contributed by atoms with E-state index >= 15 is 0 Å². The average molecular weight is 382 g/mol. The average Bonchev–Trinajstić information content (AvgIpc) is 2.94. The summed E-state index contributed by atoms with van der Waals surface area (Å²) in [4.78, 5) is 27.5. The van der Waals surface area contributed by atoms with Crippen LogP contribution in [-0.4, -0.2) is 53.4 Å². The molecule has 1 aliphatic rings. The van der Waals surface area contributed by atoms with Crippen molar-refractivity contribution in [2.24, 2.45) is 0 Å². The van der Waals surface area contributed by atoms with Crippen LogP contribution in [0, 0.1) is 10.1 Å². The number of carbonyl (C=O) groups is 1. The molecule has 0 unspecified atom stereocenters. The van der Waals surface area contributed by atoms with Gasteiger partial charge in [0, 0.05) is 51.8 Å². The second kappa shape index (κ2) is 9.85. The minimum atomic E-state index is -0.416. The Labute approximate surface area is 165 Å². The van der Waals surface area contributed by atoms with Crippen molar-refractivity contribution >= 4 is 17.3 Å². The first-order chi connectivity index (χ1) is 13.6. The minimum absolute atomic E-state index is 0.0290. The summed E-state index contributed by atoms with van der Waals surface area (Å²) >= 11 is 0. The Balaban J connectivity index is 1.46. The maximum absolute atomic E-state index is 12.6. The van der Waals surface area contributed by atoms with Gasteiger partial charge in [0.25, 0.3) is 5.69 Å². The number of nitrogens with zero attached hydrogens (tertiary/aromatic N) is 3. The molecule has 28 heavy (non-hydrogen) atoms. The van der Waals surface area contributed by atoms with Crippen LogP contribution in [-0.2, 0) is 11.3 Å². The number of nitro groups is 1. The Hall–Kier alpha value is -2.93. The highest BCUT2D eigenvalue weighted by atomic mass is 16.6. The molecule has 0 bridgehead atoms. The van der Waals surface area contributed by atoms with Crippen molar-refractivity contribution in [1.29, 1.82) is 0 Å². The predicted octanol–water partition coefficient (Wildman–Crippen LogP) is 3.13. The summed E-state index contributed by atoms with van der Waals surface area (Å²) in [6, 6.07) is 16.9. The van der Waals surface area contributed by atoms with Gasteiger partial charge in [-0.3, -0.25) is 19.8 Å². The number of nitro benzene ring substituents is 1. The minimum Gasteiger partial charge on any atom is -0.379 e. The van der Waals surface area contributed by atoms with Gasteiger partial charge in [-0.25, -0.2) is 0 Å². The Morgan fingerprint density at radius 2 is 1.75 bits per heavy atom. The third-order valence-corrected chi connectivity index (χ3v) is 4.95. The quantitative estimate of drug-likeness (QED) is 0.588. The molecule has 2 aromatic rings. The molecule has 0 atom stereocenters. The van der Waals surface area contributed by atoms with E-state index in [-0.39, 0.29) is 11.6 Å². The first kappa shape index (κ1) is 19.8. The summed E-state index contributed by atoms with van der Waals surface area (Å²) in [5, 5.41) is 14.1. The van der Waals surface area contributed by atoms with Gasteiger partial charge in [-0.05, 0) is 18.1 Å². The van der Waals surface area contributed by atoms with Crippen LogP contribution in [0.5, 0.6) is 0 Å². The number of nitrogens with one attached hydrogen (secondary N) is 1. The molecule has 1 fully saturated rings. The molecule has 0 aliphatic carbocycles. The summed E-state index contributed by atoms with van der Waals surface area (Å²) < 4.78 is 0. The maximum Gasteiger partial charge on any atom is 0.292 e. The van der Waals surface area contributed by atoms with E-state index in [2.05, 4.69) is 22.3 Å². The zero-order valence-electron chi connectivity index (χ0n) is 15.9. The van der Waals surface area contributed by atoms with Gasteiger partial charge < -0.3 is 10.2 Å². The van der Waals surface area contributed by atoms with Gasteiger partial charge in [-0.15, -0.1) is 0 Å². The van der Waals surface area contributed by atoms with E-state index in [4.69, 9.17) is 0 Å². The number of anilines is 1. The van der Waals surface area contributed by atoms with Crippen LogP contribution in [0.25, 0.3) is 0 Å². The first-order valence-electron chi connectivity index (χ1n) is 9.65. The monoisotopic (exact) mass is 382 g/mol. The van der Waals surface area contributed by atoms with Crippen molar-refractivity contribution in [3.63, 3.8) is 0 Å². The second-order valence-electron chi connectivity index (χ2n) is 6.95. The fraction of sp³-hybridized carbons (Fsp3) is 0.381. The maximum atomic E-state index is 12.6. The molecule has 3 rings (SSSR count). The molecule has 0 aromatic heterocycles. The molecule has 1 aliphatic heterocycles. The van der Waals surface area contributed by atoms with E-state index in [0.29, 0.717) is 18.7 Å². The molecule has 0 spiro atoms. The fourth-order valence-electron chi connectivity index (χ4n) is 3.46. The van der Waals surface area contributed by atoms with Crippen LogP contribution < -0.4 is 5.32 Å². The number of benzene rings is 2. The van der Waals surface area contributed by atoms with Gasteiger partial charge in [0.1, 0.15) is 5.69 Å². The number of hydrogen-bond donors (Lipinski definition) is 1. The highest BCUT2D eigenvalue weighted by Gasteiger charge is 2.19. The molecule has 1 saturated heterocycles. The lowest BCUT2D eigenvalue weighted by atomic mass is 10.2. The van der Waals surface area contributed by atoms with Crippen molar-refractivity contribution in [3.8, 4) is 0 Å². The highest BCUT2D eigenvalue weighted by molar-refractivity contribution is 5.77. The van der Waals surface area contributed by atoms with E-state index in [0.717, 1.165) is 39.1 Å². The first-order valence-corrected chi connectivity index (χ1v) is 9.65. The molecular weight excluding hydrogens is 356 g/mol. The fourth-order valence-corrected chi connectivity index (χ4v) is 3.46. The van der Waals surface area contributed by atoms with Crippen LogP contribution >= 0.6 is 0 Å². The third kappa shape index (κ3) is 5.53. The Morgan fingerprint density at radius 3 is 2.54 bits per heavy atom. The van der Waals surface area contributed by atoms with Crippen molar-refractivity contribution in [2.75, 3.05) is 38.0 Å². The van der Waals surface area contributed by atoms with Gasteiger partial charge >= 0.3 is 0 Å². The van der Waals surface area contributed by atoms with Crippen LogP contribution in [0.2, 0.25) is 0 Å². The summed E-state index contributed by atoms with van der Waals surface area (Å²) in [5.41, 5.74) is 1.77. The third-order valence-electron chi connectivity index (χ3n) is 4.95. The van der Waals surface area contributed by atoms with Crippen LogP contribution in [0.4, 0.5) is 11.4 Å².